The maximum absolute atomic E-state index is 8.74. The second-order valence-corrected chi connectivity index (χ2v) is 3.86. The molecular weight excluding hydrogens is 258 g/mol. The molecule has 1 aromatic carbocycles. The van der Waals surface area contributed by atoms with Gasteiger partial charge in [0.1, 0.15) is 11.5 Å². The van der Waals surface area contributed by atoms with Gasteiger partial charge in [0.05, 0.1) is 18.4 Å². The van der Waals surface area contributed by atoms with Crippen LogP contribution in [0.4, 0.5) is 0 Å². The van der Waals surface area contributed by atoms with Crippen molar-refractivity contribution in [2.24, 2.45) is 10.9 Å². The molecule has 0 aliphatic heterocycles. The zero-order valence-corrected chi connectivity index (χ0v) is 11.0. The minimum Gasteiger partial charge on any atom is -0.494 e. The largest absolute Gasteiger partial charge is 0.494 e. The lowest BCUT2D eigenvalue weighted by molar-refractivity contribution is 0.318. The summed E-state index contributed by atoms with van der Waals surface area (Å²) in [5, 5.41) is 11.7. The van der Waals surface area contributed by atoms with Gasteiger partial charge in [-0.2, -0.15) is 0 Å². The molecule has 0 aliphatic rings. The van der Waals surface area contributed by atoms with Crippen LogP contribution in [0.5, 0.6) is 17.2 Å². The zero-order chi connectivity index (χ0) is 14.4. The van der Waals surface area contributed by atoms with E-state index < -0.39 is 0 Å². The van der Waals surface area contributed by atoms with E-state index in [1.165, 1.54) is 6.20 Å². The molecule has 104 valence electrons. The van der Waals surface area contributed by atoms with Gasteiger partial charge in [-0.05, 0) is 37.3 Å². The van der Waals surface area contributed by atoms with E-state index in [0.717, 1.165) is 5.75 Å². The molecule has 0 saturated carbocycles. The van der Waals surface area contributed by atoms with Crippen molar-refractivity contribution in [2.45, 2.75) is 6.92 Å². The van der Waals surface area contributed by atoms with Gasteiger partial charge in [-0.1, -0.05) is 5.16 Å². The van der Waals surface area contributed by atoms with Crippen molar-refractivity contribution in [2.75, 3.05) is 6.61 Å². The average molecular weight is 273 g/mol. The van der Waals surface area contributed by atoms with E-state index in [-0.39, 0.29) is 5.84 Å². The van der Waals surface area contributed by atoms with E-state index in [0.29, 0.717) is 23.7 Å². The molecule has 20 heavy (non-hydrogen) atoms. The number of ether oxygens (including phenoxy) is 2. The molecule has 6 heteroatoms. The number of pyridine rings is 1. The SMILES string of the molecule is CCOc1ccc(Oc2cnccc2/C(N)=N/O)cc1. The molecule has 0 bridgehead atoms. The number of benzene rings is 1. The van der Waals surface area contributed by atoms with Gasteiger partial charge >= 0.3 is 0 Å². The van der Waals surface area contributed by atoms with Crippen LogP contribution >= 0.6 is 0 Å². The minimum atomic E-state index is -0.0339. The molecule has 0 unspecified atom stereocenters. The highest BCUT2D eigenvalue weighted by molar-refractivity contribution is 5.99. The smallest absolute Gasteiger partial charge is 0.173 e. The quantitative estimate of drug-likeness (QED) is 0.378. The first-order valence-corrected chi connectivity index (χ1v) is 6.07. The zero-order valence-electron chi connectivity index (χ0n) is 11.0. The molecule has 0 spiro atoms. The molecule has 0 atom stereocenters. The second kappa shape index (κ2) is 6.42. The molecule has 0 amide bonds. The predicted molar refractivity (Wildman–Crippen MR) is 74.4 cm³/mol. The fraction of sp³-hybridized carbons (Fsp3) is 0.143. The van der Waals surface area contributed by atoms with Gasteiger partial charge in [-0.3, -0.25) is 4.98 Å². The minimum absolute atomic E-state index is 0.0339. The summed E-state index contributed by atoms with van der Waals surface area (Å²) in [4.78, 5) is 3.96. The first-order valence-electron chi connectivity index (χ1n) is 6.07. The molecular formula is C14H15N3O3. The Morgan fingerprint density at radius 3 is 2.60 bits per heavy atom. The number of rotatable bonds is 5. The average Bonchev–Trinajstić information content (AvgIpc) is 2.49. The van der Waals surface area contributed by atoms with Gasteiger partial charge in [0.25, 0.3) is 0 Å². The fourth-order valence-electron chi connectivity index (χ4n) is 1.62. The highest BCUT2D eigenvalue weighted by Gasteiger charge is 2.09. The Hall–Kier alpha value is -2.76. The van der Waals surface area contributed by atoms with Crippen LogP contribution in [0, 0.1) is 0 Å². The molecule has 0 fully saturated rings. The normalized spacial score (nSPS) is 11.2. The number of hydrogen-bond donors (Lipinski definition) is 2. The van der Waals surface area contributed by atoms with Gasteiger partial charge in [-0.15, -0.1) is 0 Å². The van der Waals surface area contributed by atoms with Crippen molar-refractivity contribution >= 4 is 5.84 Å². The van der Waals surface area contributed by atoms with Gasteiger partial charge < -0.3 is 20.4 Å². The molecule has 0 aliphatic carbocycles. The third kappa shape index (κ3) is 3.17. The number of hydrogen-bond acceptors (Lipinski definition) is 5. The van der Waals surface area contributed by atoms with Crippen molar-refractivity contribution in [3.05, 3.63) is 48.3 Å². The van der Waals surface area contributed by atoms with Gasteiger partial charge in [0, 0.05) is 6.20 Å². The van der Waals surface area contributed by atoms with Crippen molar-refractivity contribution in [1.29, 1.82) is 0 Å². The van der Waals surface area contributed by atoms with Crippen LogP contribution in [0.2, 0.25) is 0 Å². The van der Waals surface area contributed by atoms with E-state index in [1.807, 2.05) is 6.92 Å². The summed E-state index contributed by atoms with van der Waals surface area (Å²) in [5.41, 5.74) is 6.05. The van der Waals surface area contributed by atoms with E-state index in [4.69, 9.17) is 20.4 Å². The van der Waals surface area contributed by atoms with E-state index in [9.17, 15) is 0 Å². The van der Waals surface area contributed by atoms with Crippen LogP contribution in [0.15, 0.2) is 47.9 Å². The summed E-state index contributed by atoms with van der Waals surface area (Å²) in [7, 11) is 0. The van der Waals surface area contributed by atoms with Crippen LogP contribution in [0.3, 0.4) is 0 Å². The van der Waals surface area contributed by atoms with E-state index in [1.54, 1.807) is 36.5 Å². The number of aromatic nitrogens is 1. The summed E-state index contributed by atoms with van der Waals surface area (Å²) < 4.78 is 11.0. The lowest BCUT2D eigenvalue weighted by Crippen LogP contribution is -2.14. The maximum Gasteiger partial charge on any atom is 0.173 e. The number of amidine groups is 1. The summed E-state index contributed by atoms with van der Waals surface area (Å²) in [6.07, 6.45) is 3.04. The Morgan fingerprint density at radius 1 is 1.25 bits per heavy atom. The Kier molecular flexibility index (Phi) is 4.39. The number of oxime groups is 1. The Labute approximate surface area is 116 Å². The van der Waals surface area contributed by atoms with E-state index in [2.05, 4.69) is 10.1 Å². The molecule has 0 saturated heterocycles. The molecule has 1 aromatic heterocycles. The molecule has 1 heterocycles. The van der Waals surface area contributed by atoms with Crippen molar-refractivity contribution < 1.29 is 14.7 Å². The van der Waals surface area contributed by atoms with Gasteiger partial charge in [0.2, 0.25) is 0 Å². The molecule has 2 rings (SSSR count). The Balaban J connectivity index is 2.21. The van der Waals surface area contributed by atoms with Gasteiger partial charge in [0.15, 0.2) is 11.6 Å². The maximum atomic E-state index is 8.74. The Bertz CT molecular complexity index is 597. The van der Waals surface area contributed by atoms with Crippen molar-refractivity contribution in [3.63, 3.8) is 0 Å². The predicted octanol–water partition coefficient (Wildman–Crippen LogP) is 2.37. The topological polar surface area (TPSA) is 90.0 Å². The van der Waals surface area contributed by atoms with Crippen LogP contribution in [0.25, 0.3) is 0 Å². The third-order valence-corrected chi connectivity index (χ3v) is 2.53. The first kappa shape index (κ1) is 13.7. The summed E-state index contributed by atoms with van der Waals surface area (Å²) >= 11 is 0. The van der Waals surface area contributed by atoms with E-state index >= 15 is 0 Å². The van der Waals surface area contributed by atoms with Crippen molar-refractivity contribution in [3.8, 4) is 17.2 Å². The lowest BCUT2D eigenvalue weighted by Gasteiger charge is -2.10. The molecule has 0 radical (unpaired) electrons. The molecule has 6 nitrogen and oxygen atoms in total. The summed E-state index contributed by atoms with van der Waals surface area (Å²) in [6.45, 7) is 2.53. The highest BCUT2D eigenvalue weighted by atomic mass is 16.5. The second-order valence-electron chi connectivity index (χ2n) is 3.86. The lowest BCUT2D eigenvalue weighted by atomic mass is 10.2. The molecule has 2 aromatic rings. The van der Waals surface area contributed by atoms with Crippen LogP contribution in [-0.4, -0.2) is 22.6 Å². The number of nitrogens with two attached hydrogens (primary N) is 1. The van der Waals surface area contributed by atoms with Crippen LogP contribution in [0.1, 0.15) is 12.5 Å². The van der Waals surface area contributed by atoms with Crippen LogP contribution in [-0.2, 0) is 0 Å². The Morgan fingerprint density at radius 2 is 1.95 bits per heavy atom. The number of nitrogens with zero attached hydrogens (tertiary/aromatic N) is 2. The highest BCUT2D eigenvalue weighted by Crippen LogP contribution is 2.26. The first-order chi connectivity index (χ1) is 9.74. The summed E-state index contributed by atoms with van der Waals surface area (Å²) in [6, 6.07) is 8.76. The van der Waals surface area contributed by atoms with Crippen LogP contribution < -0.4 is 15.2 Å². The van der Waals surface area contributed by atoms with Gasteiger partial charge in [-0.25, -0.2) is 0 Å². The standard InChI is InChI=1S/C14H15N3O3/c1-2-19-10-3-5-11(6-4-10)20-13-9-16-8-7-12(13)14(15)17-18/h3-9,18H,2H2,1H3,(H2,15,17). The third-order valence-electron chi connectivity index (χ3n) is 2.53. The summed E-state index contributed by atoms with van der Waals surface area (Å²) in [5.74, 6) is 1.75. The monoisotopic (exact) mass is 273 g/mol. The fourth-order valence-corrected chi connectivity index (χ4v) is 1.62. The molecule has 3 N–H and O–H groups in total. The van der Waals surface area contributed by atoms with Crippen molar-refractivity contribution in [1.82, 2.24) is 4.98 Å².